The first-order valence-corrected chi connectivity index (χ1v) is 8.50. The van der Waals surface area contributed by atoms with Gasteiger partial charge >= 0.3 is 0 Å². The van der Waals surface area contributed by atoms with Crippen molar-refractivity contribution in [2.24, 2.45) is 0 Å². The van der Waals surface area contributed by atoms with Crippen LogP contribution in [0.4, 0.5) is 0 Å². The molecule has 1 aliphatic heterocycles. The molecule has 1 aromatic rings. The van der Waals surface area contributed by atoms with E-state index >= 15 is 0 Å². The molecule has 1 saturated heterocycles. The van der Waals surface area contributed by atoms with Crippen molar-refractivity contribution in [1.82, 2.24) is 14.8 Å². The monoisotopic (exact) mass is 317 g/mol. The molecule has 128 valence electrons. The quantitative estimate of drug-likeness (QED) is 0.799. The second-order valence-corrected chi connectivity index (χ2v) is 8.69. The second-order valence-electron chi connectivity index (χ2n) is 8.69. The van der Waals surface area contributed by atoms with Crippen LogP contribution in [0.5, 0.6) is 0 Å². The Morgan fingerprint density at radius 1 is 0.957 bits per heavy atom. The zero-order valence-electron chi connectivity index (χ0n) is 15.7. The summed E-state index contributed by atoms with van der Waals surface area (Å²) in [5.74, 6) is 0.121. The van der Waals surface area contributed by atoms with Gasteiger partial charge in [-0.1, -0.05) is 41.5 Å². The van der Waals surface area contributed by atoms with Gasteiger partial charge in [0.25, 0.3) is 5.91 Å². The molecule has 0 aromatic carbocycles. The standard InChI is InChI=1S/C19H31N3O/c1-18(2,3)15-9-8-14(16(20-15)19(4,5)6)17(23)22-12-10-21(7)11-13-22/h8-9H,10-13H2,1-7H3. The lowest BCUT2D eigenvalue weighted by molar-refractivity contribution is 0.0661. The number of likely N-dealkylation sites (N-methyl/N-ethyl adjacent to an activating group) is 1. The van der Waals surface area contributed by atoms with Crippen molar-refractivity contribution >= 4 is 5.91 Å². The molecule has 0 bridgehead atoms. The molecule has 1 fully saturated rings. The number of pyridine rings is 1. The lowest BCUT2D eigenvalue weighted by Crippen LogP contribution is -2.47. The molecule has 0 radical (unpaired) electrons. The highest BCUT2D eigenvalue weighted by Gasteiger charge is 2.29. The molecule has 0 aliphatic carbocycles. The fourth-order valence-corrected chi connectivity index (χ4v) is 2.80. The highest BCUT2D eigenvalue weighted by molar-refractivity contribution is 5.95. The van der Waals surface area contributed by atoms with E-state index < -0.39 is 0 Å². The van der Waals surface area contributed by atoms with Crippen LogP contribution in [0.15, 0.2) is 12.1 Å². The van der Waals surface area contributed by atoms with E-state index in [1.54, 1.807) is 0 Å². The van der Waals surface area contributed by atoms with Crippen molar-refractivity contribution in [3.63, 3.8) is 0 Å². The summed E-state index contributed by atoms with van der Waals surface area (Å²) in [5.41, 5.74) is 2.54. The molecule has 0 N–H and O–H groups in total. The maximum absolute atomic E-state index is 13.0. The molecule has 0 saturated carbocycles. The molecule has 4 heteroatoms. The maximum atomic E-state index is 13.0. The van der Waals surface area contributed by atoms with Crippen LogP contribution in [-0.4, -0.2) is 53.9 Å². The third kappa shape index (κ3) is 4.11. The van der Waals surface area contributed by atoms with Crippen molar-refractivity contribution in [3.05, 3.63) is 29.1 Å². The number of nitrogens with zero attached hydrogens (tertiary/aromatic N) is 3. The Hall–Kier alpha value is -1.42. The zero-order valence-corrected chi connectivity index (χ0v) is 15.7. The van der Waals surface area contributed by atoms with E-state index in [0.717, 1.165) is 43.1 Å². The first-order chi connectivity index (χ1) is 10.5. The Labute approximate surface area is 140 Å². The smallest absolute Gasteiger partial charge is 0.255 e. The average molecular weight is 317 g/mol. The number of hydrogen-bond donors (Lipinski definition) is 0. The number of hydrogen-bond acceptors (Lipinski definition) is 3. The van der Waals surface area contributed by atoms with Crippen LogP contribution in [0, 0.1) is 0 Å². The summed E-state index contributed by atoms with van der Waals surface area (Å²) >= 11 is 0. The van der Waals surface area contributed by atoms with E-state index in [1.807, 2.05) is 17.0 Å². The Balaban J connectivity index is 2.39. The van der Waals surface area contributed by atoms with Gasteiger partial charge in [-0.25, -0.2) is 0 Å². The molecule has 1 aliphatic rings. The van der Waals surface area contributed by atoms with Gasteiger partial charge in [0.1, 0.15) is 0 Å². The van der Waals surface area contributed by atoms with E-state index in [1.165, 1.54) is 0 Å². The normalized spacial score (nSPS) is 17.4. The van der Waals surface area contributed by atoms with Crippen LogP contribution in [0.25, 0.3) is 0 Å². The number of carbonyl (C=O) groups excluding carboxylic acids is 1. The fourth-order valence-electron chi connectivity index (χ4n) is 2.80. The minimum atomic E-state index is -0.154. The minimum absolute atomic E-state index is 0.0184. The van der Waals surface area contributed by atoms with Gasteiger partial charge in [0.15, 0.2) is 0 Å². The van der Waals surface area contributed by atoms with Gasteiger partial charge in [0.2, 0.25) is 0 Å². The topological polar surface area (TPSA) is 36.4 Å². The summed E-state index contributed by atoms with van der Waals surface area (Å²) in [5, 5.41) is 0. The molecule has 23 heavy (non-hydrogen) atoms. The SMILES string of the molecule is CN1CCN(C(=O)c2ccc(C(C)(C)C)nc2C(C)(C)C)CC1. The van der Waals surface area contributed by atoms with Gasteiger partial charge in [-0.2, -0.15) is 0 Å². The lowest BCUT2D eigenvalue weighted by Gasteiger charge is -2.34. The summed E-state index contributed by atoms with van der Waals surface area (Å²) in [6.07, 6.45) is 0. The second kappa shape index (κ2) is 6.23. The van der Waals surface area contributed by atoms with Gasteiger partial charge in [-0.05, 0) is 19.2 Å². The number of amides is 1. The highest BCUT2D eigenvalue weighted by Crippen LogP contribution is 2.29. The molecule has 0 spiro atoms. The van der Waals surface area contributed by atoms with Crippen LogP contribution in [-0.2, 0) is 10.8 Å². The third-order valence-electron chi connectivity index (χ3n) is 4.39. The molecule has 1 amide bonds. The van der Waals surface area contributed by atoms with Crippen LogP contribution < -0.4 is 0 Å². The molecular weight excluding hydrogens is 286 g/mol. The van der Waals surface area contributed by atoms with Crippen molar-refractivity contribution in [1.29, 1.82) is 0 Å². The van der Waals surface area contributed by atoms with Crippen LogP contribution in [0.2, 0.25) is 0 Å². The number of rotatable bonds is 1. The van der Waals surface area contributed by atoms with Crippen LogP contribution in [0.1, 0.15) is 63.3 Å². The summed E-state index contributed by atoms with van der Waals surface area (Å²) in [6.45, 7) is 16.3. The molecule has 4 nitrogen and oxygen atoms in total. The Morgan fingerprint density at radius 3 is 2.00 bits per heavy atom. The predicted octanol–water partition coefficient (Wildman–Crippen LogP) is 3.06. The first kappa shape index (κ1) is 17.9. The minimum Gasteiger partial charge on any atom is -0.336 e. The Kier molecular flexibility index (Phi) is 4.86. The first-order valence-electron chi connectivity index (χ1n) is 8.50. The third-order valence-corrected chi connectivity index (χ3v) is 4.39. The summed E-state index contributed by atoms with van der Waals surface area (Å²) in [7, 11) is 2.10. The maximum Gasteiger partial charge on any atom is 0.255 e. The molecule has 0 unspecified atom stereocenters. The highest BCUT2D eigenvalue weighted by atomic mass is 16.2. The van der Waals surface area contributed by atoms with Crippen LogP contribution >= 0.6 is 0 Å². The number of piperazine rings is 1. The van der Waals surface area contributed by atoms with E-state index in [4.69, 9.17) is 4.98 Å². The molecule has 1 aromatic heterocycles. The largest absolute Gasteiger partial charge is 0.336 e. The van der Waals surface area contributed by atoms with Gasteiger partial charge in [-0.15, -0.1) is 0 Å². The van der Waals surface area contributed by atoms with E-state index in [9.17, 15) is 4.79 Å². The van der Waals surface area contributed by atoms with E-state index in [-0.39, 0.29) is 16.7 Å². The fraction of sp³-hybridized carbons (Fsp3) is 0.684. The Morgan fingerprint density at radius 2 is 1.52 bits per heavy atom. The summed E-state index contributed by atoms with van der Waals surface area (Å²) in [6, 6.07) is 3.99. The van der Waals surface area contributed by atoms with Gasteiger partial charge in [0.05, 0.1) is 11.3 Å². The number of carbonyl (C=O) groups is 1. The van der Waals surface area contributed by atoms with Gasteiger partial charge < -0.3 is 9.80 Å². The van der Waals surface area contributed by atoms with Crippen molar-refractivity contribution in [3.8, 4) is 0 Å². The predicted molar refractivity (Wildman–Crippen MR) is 95.0 cm³/mol. The summed E-state index contributed by atoms with van der Waals surface area (Å²) < 4.78 is 0. The van der Waals surface area contributed by atoms with Crippen molar-refractivity contribution in [2.45, 2.75) is 52.4 Å². The molecule has 2 rings (SSSR count). The van der Waals surface area contributed by atoms with E-state index in [0.29, 0.717) is 0 Å². The zero-order chi connectivity index (χ0) is 17.4. The van der Waals surface area contributed by atoms with Gasteiger partial charge in [0, 0.05) is 42.7 Å². The summed E-state index contributed by atoms with van der Waals surface area (Å²) in [4.78, 5) is 22.1. The van der Waals surface area contributed by atoms with Gasteiger partial charge in [-0.3, -0.25) is 9.78 Å². The molecule has 2 heterocycles. The number of aromatic nitrogens is 1. The average Bonchev–Trinajstić information content (AvgIpc) is 2.45. The van der Waals surface area contributed by atoms with Crippen molar-refractivity contribution < 1.29 is 4.79 Å². The molecular formula is C19H31N3O. The Bertz CT molecular complexity index is 573. The van der Waals surface area contributed by atoms with Crippen LogP contribution in [0.3, 0.4) is 0 Å². The lowest BCUT2D eigenvalue weighted by atomic mass is 9.85. The molecule has 0 atom stereocenters. The van der Waals surface area contributed by atoms with E-state index in [2.05, 4.69) is 53.5 Å². The van der Waals surface area contributed by atoms with Crippen molar-refractivity contribution in [2.75, 3.05) is 33.2 Å².